The summed E-state index contributed by atoms with van der Waals surface area (Å²) in [5, 5.41) is 3.12. The van der Waals surface area contributed by atoms with E-state index in [4.69, 9.17) is 23.2 Å². The van der Waals surface area contributed by atoms with Crippen molar-refractivity contribution in [2.24, 2.45) is 0 Å². The molecule has 0 aliphatic carbocycles. The molecule has 0 unspecified atom stereocenters. The standard InChI is InChI=1S/C20H20Cl2N4O4S/c1-3-9-25(12-17(27)23-15-8-7-13(21)11-14(15)22)19(28)18-16-6-4-5-10-26(16)20(24-18)31(2,29)30/h4-8,10-11H,3,9,12H2,1-2H3,(H,23,27). The molecule has 0 aliphatic heterocycles. The number of carbonyl (C=O) groups is 2. The van der Waals surface area contributed by atoms with Crippen molar-refractivity contribution in [3.05, 3.63) is 58.3 Å². The number of nitrogens with zero attached hydrogens (tertiary/aromatic N) is 3. The number of hydrogen-bond donors (Lipinski definition) is 1. The number of aromatic nitrogens is 2. The number of benzene rings is 1. The molecule has 1 N–H and O–H groups in total. The number of pyridine rings is 1. The van der Waals surface area contributed by atoms with Gasteiger partial charge in [0, 0.05) is 24.0 Å². The molecule has 0 atom stereocenters. The van der Waals surface area contributed by atoms with E-state index >= 15 is 0 Å². The monoisotopic (exact) mass is 482 g/mol. The Bertz CT molecular complexity index is 1260. The third kappa shape index (κ3) is 5.17. The molecule has 0 saturated heterocycles. The highest BCUT2D eigenvalue weighted by Crippen LogP contribution is 2.25. The lowest BCUT2D eigenvalue weighted by atomic mass is 10.2. The van der Waals surface area contributed by atoms with E-state index in [0.717, 1.165) is 6.26 Å². The van der Waals surface area contributed by atoms with E-state index in [2.05, 4.69) is 10.3 Å². The molecule has 31 heavy (non-hydrogen) atoms. The predicted molar refractivity (Wildman–Crippen MR) is 120 cm³/mol. The van der Waals surface area contributed by atoms with E-state index in [1.54, 1.807) is 30.3 Å². The van der Waals surface area contributed by atoms with Crippen LogP contribution in [0.5, 0.6) is 0 Å². The molecule has 0 fully saturated rings. The average Bonchev–Trinajstić information content (AvgIpc) is 3.09. The lowest BCUT2D eigenvalue weighted by molar-refractivity contribution is -0.116. The van der Waals surface area contributed by atoms with Crippen molar-refractivity contribution < 1.29 is 18.0 Å². The van der Waals surface area contributed by atoms with E-state index < -0.39 is 21.7 Å². The van der Waals surface area contributed by atoms with Gasteiger partial charge in [0.05, 0.1) is 16.2 Å². The fraction of sp³-hybridized carbons (Fsp3) is 0.250. The first kappa shape index (κ1) is 23.1. The van der Waals surface area contributed by atoms with E-state index in [1.165, 1.54) is 21.6 Å². The smallest absolute Gasteiger partial charge is 0.275 e. The molecule has 11 heteroatoms. The van der Waals surface area contributed by atoms with Crippen LogP contribution in [-0.2, 0) is 14.6 Å². The van der Waals surface area contributed by atoms with Crippen LogP contribution in [0.15, 0.2) is 47.8 Å². The highest BCUT2D eigenvalue weighted by molar-refractivity contribution is 7.90. The number of amides is 2. The number of sulfone groups is 1. The number of anilines is 1. The summed E-state index contributed by atoms with van der Waals surface area (Å²) in [5.74, 6) is -1.00. The molecule has 3 rings (SSSR count). The van der Waals surface area contributed by atoms with E-state index in [0.29, 0.717) is 22.6 Å². The summed E-state index contributed by atoms with van der Waals surface area (Å²) in [6.07, 6.45) is 3.14. The van der Waals surface area contributed by atoms with Crippen LogP contribution in [0.3, 0.4) is 0 Å². The molecule has 164 valence electrons. The summed E-state index contributed by atoms with van der Waals surface area (Å²) < 4.78 is 25.6. The van der Waals surface area contributed by atoms with Gasteiger partial charge in [0.15, 0.2) is 5.69 Å². The van der Waals surface area contributed by atoms with Gasteiger partial charge < -0.3 is 10.2 Å². The summed E-state index contributed by atoms with van der Waals surface area (Å²) in [4.78, 5) is 31.2. The zero-order valence-electron chi connectivity index (χ0n) is 16.8. The molecule has 8 nitrogen and oxygen atoms in total. The lowest BCUT2D eigenvalue weighted by Gasteiger charge is -2.21. The minimum atomic E-state index is -3.68. The fourth-order valence-corrected chi connectivity index (χ4v) is 4.28. The topological polar surface area (TPSA) is 101 Å². The van der Waals surface area contributed by atoms with E-state index in [9.17, 15) is 18.0 Å². The quantitative estimate of drug-likeness (QED) is 0.554. The molecular formula is C20H20Cl2N4O4S. The summed E-state index contributed by atoms with van der Waals surface area (Å²) in [7, 11) is -3.68. The molecule has 0 aliphatic rings. The van der Waals surface area contributed by atoms with Crippen LogP contribution in [0.25, 0.3) is 5.52 Å². The highest BCUT2D eigenvalue weighted by Gasteiger charge is 2.27. The van der Waals surface area contributed by atoms with Crippen molar-refractivity contribution in [2.45, 2.75) is 18.5 Å². The van der Waals surface area contributed by atoms with Gasteiger partial charge >= 0.3 is 0 Å². The number of rotatable bonds is 7. The molecule has 0 spiro atoms. The molecule has 2 heterocycles. The van der Waals surface area contributed by atoms with Gasteiger partial charge in [-0.05, 0) is 36.8 Å². The van der Waals surface area contributed by atoms with Gasteiger partial charge in [0.25, 0.3) is 5.91 Å². The van der Waals surface area contributed by atoms with Gasteiger partial charge in [-0.15, -0.1) is 0 Å². The molecule has 0 bridgehead atoms. The third-order valence-corrected chi connectivity index (χ3v) is 5.87. The molecule has 0 radical (unpaired) electrons. The Morgan fingerprint density at radius 1 is 1.19 bits per heavy atom. The maximum Gasteiger partial charge on any atom is 0.275 e. The van der Waals surface area contributed by atoms with Crippen molar-refractivity contribution in [2.75, 3.05) is 24.7 Å². The molecule has 0 saturated carbocycles. The highest BCUT2D eigenvalue weighted by atomic mass is 35.5. The van der Waals surface area contributed by atoms with Crippen molar-refractivity contribution >= 4 is 56.1 Å². The third-order valence-electron chi connectivity index (χ3n) is 4.37. The minimum Gasteiger partial charge on any atom is -0.328 e. The van der Waals surface area contributed by atoms with Crippen LogP contribution in [-0.4, -0.2) is 53.9 Å². The van der Waals surface area contributed by atoms with E-state index in [1.807, 2.05) is 6.92 Å². The minimum absolute atomic E-state index is 0.0354. The first-order valence-corrected chi connectivity index (χ1v) is 12.0. The average molecular weight is 483 g/mol. The zero-order valence-corrected chi connectivity index (χ0v) is 19.1. The van der Waals surface area contributed by atoms with Gasteiger partial charge in [0.2, 0.25) is 20.9 Å². The summed E-state index contributed by atoms with van der Waals surface area (Å²) in [6.45, 7) is 1.88. The Labute approximate surface area is 189 Å². The normalized spacial score (nSPS) is 11.5. The Kier molecular flexibility index (Phi) is 6.88. The number of nitrogens with one attached hydrogen (secondary N) is 1. The Hall–Kier alpha value is -2.62. The Morgan fingerprint density at radius 2 is 1.94 bits per heavy atom. The van der Waals surface area contributed by atoms with Crippen LogP contribution >= 0.6 is 23.2 Å². The predicted octanol–water partition coefficient (Wildman–Crippen LogP) is 3.54. The molecule has 1 aromatic carbocycles. The van der Waals surface area contributed by atoms with Gasteiger partial charge in [-0.3, -0.25) is 14.0 Å². The lowest BCUT2D eigenvalue weighted by Crippen LogP contribution is -2.38. The number of halogens is 2. The van der Waals surface area contributed by atoms with Gasteiger partial charge in [-0.1, -0.05) is 36.2 Å². The van der Waals surface area contributed by atoms with Gasteiger partial charge in [-0.2, -0.15) is 0 Å². The van der Waals surface area contributed by atoms with E-state index in [-0.39, 0.29) is 29.0 Å². The van der Waals surface area contributed by atoms with Crippen LogP contribution in [0.1, 0.15) is 23.8 Å². The molecule has 2 aromatic heterocycles. The van der Waals surface area contributed by atoms with Crippen LogP contribution in [0, 0.1) is 0 Å². The molecule has 2 amide bonds. The number of hydrogen-bond acceptors (Lipinski definition) is 5. The van der Waals surface area contributed by atoms with Gasteiger partial charge in [0.1, 0.15) is 6.54 Å². The van der Waals surface area contributed by atoms with Crippen molar-refractivity contribution in [3.8, 4) is 0 Å². The summed E-state index contributed by atoms with van der Waals surface area (Å²) >= 11 is 12.0. The van der Waals surface area contributed by atoms with Crippen molar-refractivity contribution in [1.29, 1.82) is 0 Å². The first-order valence-electron chi connectivity index (χ1n) is 9.33. The second kappa shape index (κ2) is 9.25. The van der Waals surface area contributed by atoms with Crippen molar-refractivity contribution in [3.63, 3.8) is 0 Å². The number of carbonyl (C=O) groups excluding carboxylic acids is 2. The van der Waals surface area contributed by atoms with Gasteiger partial charge in [-0.25, -0.2) is 13.4 Å². The first-order chi connectivity index (χ1) is 14.6. The summed E-state index contributed by atoms with van der Waals surface area (Å²) in [6, 6.07) is 9.58. The maximum absolute atomic E-state index is 13.2. The number of fused-ring (bicyclic) bond motifs is 1. The largest absolute Gasteiger partial charge is 0.328 e. The number of imidazole rings is 1. The second-order valence-corrected chi connectivity index (χ2v) is 9.62. The molecule has 3 aromatic rings. The molecular weight excluding hydrogens is 463 g/mol. The summed E-state index contributed by atoms with van der Waals surface area (Å²) in [5.41, 5.74) is 0.675. The van der Waals surface area contributed by atoms with Crippen LogP contribution < -0.4 is 5.32 Å². The second-order valence-electron chi connectivity index (χ2n) is 6.87. The van der Waals surface area contributed by atoms with Crippen molar-refractivity contribution in [1.82, 2.24) is 14.3 Å². The van der Waals surface area contributed by atoms with Crippen LogP contribution in [0.2, 0.25) is 10.0 Å². The van der Waals surface area contributed by atoms with Crippen LogP contribution in [0.4, 0.5) is 5.69 Å². The Balaban J connectivity index is 1.90. The Morgan fingerprint density at radius 3 is 2.58 bits per heavy atom. The fourth-order valence-electron chi connectivity index (χ4n) is 3.05. The maximum atomic E-state index is 13.2. The SMILES string of the molecule is CCCN(CC(=O)Nc1ccc(Cl)cc1Cl)C(=O)c1nc(S(C)(=O)=O)n2ccccc12. The zero-order chi connectivity index (χ0) is 22.8.